The zero-order valence-electron chi connectivity index (χ0n) is 13.9. The van der Waals surface area contributed by atoms with Gasteiger partial charge in [0.05, 0.1) is 5.69 Å². The number of thiophene rings is 1. The van der Waals surface area contributed by atoms with Crippen molar-refractivity contribution in [3.8, 4) is 0 Å². The van der Waals surface area contributed by atoms with E-state index in [1.165, 1.54) is 11.1 Å². The second kappa shape index (κ2) is 7.45. The van der Waals surface area contributed by atoms with Crippen molar-refractivity contribution in [1.82, 2.24) is 15.4 Å². The van der Waals surface area contributed by atoms with Crippen LogP contribution >= 0.6 is 11.3 Å². The quantitative estimate of drug-likeness (QED) is 0.679. The summed E-state index contributed by atoms with van der Waals surface area (Å²) in [6.07, 6.45) is 0. The summed E-state index contributed by atoms with van der Waals surface area (Å²) in [7, 11) is 3.86. The number of aryl methyl sites for hydroxylation is 2. The fourth-order valence-electron chi connectivity index (χ4n) is 2.66. The van der Waals surface area contributed by atoms with Crippen molar-refractivity contribution in [3.63, 3.8) is 0 Å². The van der Waals surface area contributed by atoms with Gasteiger partial charge in [-0.05, 0) is 36.2 Å². The van der Waals surface area contributed by atoms with Crippen LogP contribution in [0.1, 0.15) is 35.4 Å². The topological polar surface area (TPSA) is 53.7 Å². The van der Waals surface area contributed by atoms with Crippen molar-refractivity contribution in [2.75, 3.05) is 20.6 Å². The van der Waals surface area contributed by atoms with Crippen LogP contribution in [0.3, 0.4) is 0 Å². The number of aliphatic imine (C=N–C) groups is 1. The highest BCUT2D eigenvalue weighted by atomic mass is 32.1. The molecule has 1 unspecified atom stereocenters. The van der Waals surface area contributed by atoms with Gasteiger partial charge in [-0.1, -0.05) is 12.1 Å². The van der Waals surface area contributed by atoms with E-state index in [1.54, 1.807) is 11.3 Å². The molecule has 0 saturated heterocycles. The maximum Gasteiger partial charge on any atom is 0.193 e. The molecule has 0 bridgehead atoms. The maximum atomic E-state index is 5.25. The Balaban J connectivity index is 1.93. The van der Waals surface area contributed by atoms with Crippen LogP contribution in [0.15, 0.2) is 26.3 Å². The number of guanidine groups is 1. The first-order valence-electron chi connectivity index (χ1n) is 7.38. The standard InChI is InChI=1S/C16H24N4OS/c1-11(15-12(2)19-21-13(15)3)8-18-16(17-4)20(5)9-14-6-7-22-10-14/h6-7,10-11H,8-9H2,1-5H3,(H,17,18). The molecule has 0 aromatic carbocycles. The second-order valence-electron chi connectivity index (χ2n) is 5.55. The minimum Gasteiger partial charge on any atom is -0.361 e. The number of hydrogen-bond donors (Lipinski definition) is 1. The van der Waals surface area contributed by atoms with Gasteiger partial charge < -0.3 is 14.7 Å². The summed E-state index contributed by atoms with van der Waals surface area (Å²) in [5.74, 6) is 2.11. The third-order valence-corrected chi connectivity index (χ3v) is 4.45. The summed E-state index contributed by atoms with van der Waals surface area (Å²) in [5.41, 5.74) is 3.45. The smallest absolute Gasteiger partial charge is 0.193 e. The van der Waals surface area contributed by atoms with Gasteiger partial charge in [-0.3, -0.25) is 4.99 Å². The molecular formula is C16H24N4OS. The van der Waals surface area contributed by atoms with E-state index in [0.29, 0.717) is 5.92 Å². The highest BCUT2D eigenvalue weighted by Crippen LogP contribution is 2.22. The van der Waals surface area contributed by atoms with Crippen LogP contribution in [0.4, 0.5) is 0 Å². The number of aromatic nitrogens is 1. The molecular weight excluding hydrogens is 296 g/mol. The molecule has 22 heavy (non-hydrogen) atoms. The van der Waals surface area contributed by atoms with E-state index < -0.39 is 0 Å². The van der Waals surface area contributed by atoms with E-state index in [4.69, 9.17) is 4.52 Å². The first kappa shape index (κ1) is 16.5. The molecule has 0 amide bonds. The van der Waals surface area contributed by atoms with E-state index >= 15 is 0 Å². The number of rotatable bonds is 5. The molecule has 0 aliphatic heterocycles. The summed E-state index contributed by atoms with van der Waals surface area (Å²) in [4.78, 5) is 6.49. The van der Waals surface area contributed by atoms with Crippen molar-refractivity contribution in [1.29, 1.82) is 0 Å². The fraction of sp³-hybridized carbons (Fsp3) is 0.500. The molecule has 0 radical (unpaired) electrons. The van der Waals surface area contributed by atoms with Crippen LogP contribution in [0.5, 0.6) is 0 Å². The molecule has 0 spiro atoms. The zero-order chi connectivity index (χ0) is 16.1. The Morgan fingerprint density at radius 3 is 2.82 bits per heavy atom. The van der Waals surface area contributed by atoms with Gasteiger partial charge in [-0.15, -0.1) is 0 Å². The van der Waals surface area contributed by atoms with Gasteiger partial charge in [-0.25, -0.2) is 0 Å². The van der Waals surface area contributed by atoms with Crippen LogP contribution in [0, 0.1) is 13.8 Å². The Morgan fingerprint density at radius 1 is 1.50 bits per heavy atom. The van der Waals surface area contributed by atoms with E-state index in [9.17, 15) is 0 Å². The Morgan fingerprint density at radius 2 is 2.27 bits per heavy atom. The Kier molecular flexibility index (Phi) is 5.60. The van der Waals surface area contributed by atoms with E-state index in [1.807, 2.05) is 27.9 Å². The average Bonchev–Trinajstić information content (AvgIpc) is 3.09. The lowest BCUT2D eigenvalue weighted by Gasteiger charge is -2.23. The molecule has 2 heterocycles. The third kappa shape index (κ3) is 3.88. The first-order chi connectivity index (χ1) is 10.5. The number of nitrogens with one attached hydrogen (secondary N) is 1. The number of nitrogens with zero attached hydrogens (tertiary/aromatic N) is 3. The number of hydrogen-bond acceptors (Lipinski definition) is 4. The molecule has 2 rings (SSSR count). The van der Waals surface area contributed by atoms with E-state index in [2.05, 4.69) is 44.1 Å². The van der Waals surface area contributed by atoms with Crippen molar-refractivity contribution in [2.45, 2.75) is 33.2 Å². The summed E-state index contributed by atoms with van der Waals surface area (Å²) in [6.45, 7) is 7.77. The predicted octanol–water partition coefficient (Wildman–Crippen LogP) is 3.16. The molecule has 0 aliphatic rings. The monoisotopic (exact) mass is 320 g/mol. The van der Waals surface area contributed by atoms with Crippen LogP contribution in [-0.4, -0.2) is 36.7 Å². The minimum atomic E-state index is 0.317. The molecule has 0 saturated carbocycles. The predicted molar refractivity (Wildman–Crippen MR) is 91.5 cm³/mol. The summed E-state index contributed by atoms with van der Waals surface area (Å²) in [6, 6.07) is 2.14. The largest absolute Gasteiger partial charge is 0.361 e. The summed E-state index contributed by atoms with van der Waals surface area (Å²) in [5, 5.41) is 11.7. The first-order valence-corrected chi connectivity index (χ1v) is 8.32. The maximum absolute atomic E-state index is 5.25. The highest BCUT2D eigenvalue weighted by Gasteiger charge is 2.17. The molecule has 1 atom stereocenters. The van der Waals surface area contributed by atoms with Gasteiger partial charge in [0, 0.05) is 38.7 Å². The van der Waals surface area contributed by atoms with Crippen LogP contribution in [0.25, 0.3) is 0 Å². The molecule has 1 N–H and O–H groups in total. The SMILES string of the molecule is CN=C(NCC(C)c1c(C)noc1C)N(C)Cc1ccsc1. The third-order valence-electron chi connectivity index (χ3n) is 3.72. The molecule has 2 aromatic rings. The lowest BCUT2D eigenvalue weighted by molar-refractivity contribution is 0.391. The zero-order valence-corrected chi connectivity index (χ0v) is 14.7. The molecule has 0 fully saturated rings. The molecule has 6 heteroatoms. The van der Waals surface area contributed by atoms with E-state index in [0.717, 1.165) is 30.5 Å². The van der Waals surface area contributed by atoms with Gasteiger partial charge in [0.15, 0.2) is 5.96 Å². The van der Waals surface area contributed by atoms with Crippen molar-refractivity contribution >= 4 is 17.3 Å². The fourth-order valence-corrected chi connectivity index (χ4v) is 3.32. The van der Waals surface area contributed by atoms with Gasteiger partial charge >= 0.3 is 0 Å². The molecule has 120 valence electrons. The average molecular weight is 320 g/mol. The van der Waals surface area contributed by atoms with Crippen LogP contribution in [-0.2, 0) is 6.54 Å². The molecule has 2 aromatic heterocycles. The Labute approximate surface area is 136 Å². The Hall–Kier alpha value is -1.82. The summed E-state index contributed by atoms with van der Waals surface area (Å²) < 4.78 is 5.25. The van der Waals surface area contributed by atoms with Gasteiger partial charge in [0.1, 0.15) is 5.76 Å². The van der Waals surface area contributed by atoms with Gasteiger partial charge in [-0.2, -0.15) is 11.3 Å². The van der Waals surface area contributed by atoms with E-state index in [-0.39, 0.29) is 0 Å². The van der Waals surface area contributed by atoms with Crippen molar-refractivity contribution in [2.24, 2.45) is 4.99 Å². The van der Waals surface area contributed by atoms with Gasteiger partial charge in [0.2, 0.25) is 0 Å². The van der Waals surface area contributed by atoms with Gasteiger partial charge in [0.25, 0.3) is 0 Å². The van der Waals surface area contributed by atoms with Crippen LogP contribution in [0.2, 0.25) is 0 Å². The Bertz CT molecular complexity index is 599. The molecule has 5 nitrogen and oxygen atoms in total. The normalized spacial score (nSPS) is 13.2. The summed E-state index contributed by atoms with van der Waals surface area (Å²) >= 11 is 1.72. The second-order valence-corrected chi connectivity index (χ2v) is 6.33. The lowest BCUT2D eigenvalue weighted by Crippen LogP contribution is -2.40. The van der Waals surface area contributed by atoms with Crippen molar-refractivity contribution in [3.05, 3.63) is 39.4 Å². The minimum absolute atomic E-state index is 0.317. The van der Waals surface area contributed by atoms with Crippen molar-refractivity contribution < 1.29 is 4.52 Å². The highest BCUT2D eigenvalue weighted by molar-refractivity contribution is 7.07. The lowest BCUT2D eigenvalue weighted by atomic mass is 10.00. The van der Waals surface area contributed by atoms with Crippen LogP contribution < -0.4 is 5.32 Å². The molecule has 0 aliphatic carbocycles.